The molecule has 0 bridgehead atoms. The van der Waals surface area contributed by atoms with Crippen LogP contribution in [0.15, 0.2) is 48.5 Å². The summed E-state index contributed by atoms with van der Waals surface area (Å²) in [5, 5.41) is 10.0. The molecule has 2 aromatic carbocycles. The van der Waals surface area contributed by atoms with Crippen molar-refractivity contribution < 1.29 is 14.2 Å². The lowest BCUT2D eigenvalue weighted by Crippen LogP contribution is -2.19. The van der Waals surface area contributed by atoms with Crippen LogP contribution < -0.4 is 4.74 Å². The van der Waals surface area contributed by atoms with Gasteiger partial charge in [-0.15, -0.1) is 0 Å². The van der Waals surface area contributed by atoms with Gasteiger partial charge >= 0.3 is 0 Å². The van der Waals surface area contributed by atoms with E-state index < -0.39 is 18.0 Å². The fourth-order valence-corrected chi connectivity index (χ4v) is 2.36. The predicted molar refractivity (Wildman–Crippen MR) is 65.9 cm³/mol. The van der Waals surface area contributed by atoms with Crippen molar-refractivity contribution >= 4 is 0 Å². The quantitative estimate of drug-likeness (QED) is 0.880. The number of ether oxygens (including phenoxy) is 1. The van der Waals surface area contributed by atoms with Crippen molar-refractivity contribution in [1.29, 1.82) is 0 Å². The fourth-order valence-electron chi connectivity index (χ4n) is 2.36. The van der Waals surface area contributed by atoms with E-state index in [0.717, 1.165) is 11.1 Å². The number of fused-ring (bicyclic) bond motifs is 1. The number of aliphatic hydroxyl groups is 1. The molecule has 1 aliphatic rings. The number of para-hydroxylation sites is 1. The van der Waals surface area contributed by atoms with Gasteiger partial charge in [0.2, 0.25) is 0 Å². The van der Waals surface area contributed by atoms with Crippen molar-refractivity contribution in [2.24, 2.45) is 0 Å². The maximum atomic E-state index is 13.5. The Hall–Kier alpha value is -1.87. The van der Waals surface area contributed by atoms with Gasteiger partial charge in [-0.3, -0.25) is 0 Å². The lowest BCUT2D eigenvalue weighted by Gasteiger charge is -2.18. The lowest BCUT2D eigenvalue weighted by molar-refractivity contribution is 0.0471. The molecule has 1 N–H and O–H groups in total. The summed E-state index contributed by atoms with van der Waals surface area (Å²) >= 11 is 0. The van der Waals surface area contributed by atoms with Crippen LogP contribution in [0.25, 0.3) is 0 Å². The summed E-state index contributed by atoms with van der Waals surface area (Å²) in [6.07, 6.45) is -0.560. The SMILES string of the molecule is OC1Cc2ccccc2C1Oc1ccccc1F. The normalized spacial score (nSPS) is 21.7. The third-order valence-corrected chi connectivity index (χ3v) is 3.23. The van der Waals surface area contributed by atoms with Gasteiger partial charge in [-0.1, -0.05) is 36.4 Å². The van der Waals surface area contributed by atoms with E-state index in [-0.39, 0.29) is 5.75 Å². The minimum atomic E-state index is -0.623. The Kier molecular flexibility index (Phi) is 2.76. The van der Waals surface area contributed by atoms with Crippen LogP contribution in [-0.2, 0) is 6.42 Å². The van der Waals surface area contributed by atoms with Crippen molar-refractivity contribution in [3.63, 3.8) is 0 Å². The maximum Gasteiger partial charge on any atom is 0.165 e. The highest BCUT2D eigenvalue weighted by molar-refractivity contribution is 5.37. The molecule has 2 aromatic rings. The first-order chi connectivity index (χ1) is 8.75. The van der Waals surface area contributed by atoms with Crippen LogP contribution in [0.2, 0.25) is 0 Å². The van der Waals surface area contributed by atoms with E-state index in [9.17, 15) is 9.50 Å². The molecule has 0 amide bonds. The minimum Gasteiger partial charge on any atom is -0.480 e. The Bertz CT molecular complexity index is 568. The molecule has 2 atom stereocenters. The first-order valence-electron chi connectivity index (χ1n) is 5.93. The molecule has 0 aromatic heterocycles. The van der Waals surface area contributed by atoms with E-state index in [1.54, 1.807) is 18.2 Å². The standard InChI is InChI=1S/C15H13FO2/c16-12-7-3-4-8-14(12)18-15-11-6-2-1-5-10(11)9-13(15)17/h1-8,13,15,17H,9H2. The highest BCUT2D eigenvalue weighted by atomic mass is 19.1. The smallest absolute Gasteiger partial charge is 0.165 e. The number of benzene rings is 2. The molecule has 3 rings (SSSR count). The minimum absolute atomic E-state index is 0.179. The summed E-state index contributed by atoms with van der Waals surface area (Å²) in [5.74, 6) is -0.229. The fraction of sp³-hybridized carbons (Fsp3) is 0.200. The van der Waals surface area contributed by atoms with E-state index in [4.69, 9.17) is 4.74 Å². The molecule has 18 heavy (non-hydrogen) atoms. The van der Waals surface area contributed by atoms with Crippen molar-refractivity contribution in [3.8, 4) is 5.75 Å². The maximum absolute atomic E-state index is 13.5. The Labute approximate surface area is 105 Å². The Balaban J connectivity index is 1.92. The molecule has 0 spiro atoms. The van der Waals surface area contributed by atoms with E-state index in [2.05, 4.69) is 0 Å². The average Bonchev–Trinajstić information content (AvgIpc) is 2.69. The van der Waals surface area contributed by atoms with Crippen molar-refractivity contribution in [2.75, 3.05) is 0 Å². The second kappa shape index (κ2) is 4.42. The number of halogens is 1. The number of hydrogen-bond acceptors (Lipinski definition) is 2. The third kappa shape index (κ3) is 1.87. The van der Waals surface area contributed by atoms with Gasteiger partial charge < -0.3 is 9.84 Å². The van der Waals surface area contributed by atoms with E-state index >= 15 is 0 Å². The van der Waals surface area contributed by atoms with Crippen LogP contribution in [0, 0.1) is 5.82 Å². The molecule has 0 fully saturated rings. The van der Waals surface area contributed by atoms with Crippen LogP contribution in [0.4, 0.5) is 4.39 Å². The predicted octanol–water partition coefficient (Wildman–Crippen LogP) is 2.86. The Morgan fingerprint density at radius 1 is 1.06 bits per heavy atom. The van der Waals surface area contributed by atoms with Gasteiger partial charge in [-0.05, 0) is 23.3 Å². The Morgan fingerprint density at radius 2 is 1.78 bits per heavy atom. The number of hydrogen-bond donors (Lipinski definition) is 1. The van der Waals surface area contributed by atoms with Gasteiger partial charge in [0.25, 0.3) is 0 Å². The second-order valence-electron chi connectivity index (χ2n) is 4.44. The summed E-state index contributed by atoms with van der Waals surface area (Å²) in [4.78, 5) is 0. The molecule has 0 saturated carbocycles. The number of rotatable bonds is 2. The van der Waals surface area contributed by atoms with E-state index in [1.165, 1.54) is 6.07 Å². The molecule has 0 heterocycles. The zero-order chi connectivity index (χ0) is 12.5. The lowest BCUT2D eigenvalue weighted by atomic mass is 10.1. The van der Waals surface area contributed by atoms with Gasteiger partial charge in [-0.25, -0.2) is 4.39 Å². The molecule has 2 unspecified atom stereocenters. The summed E-state index contributed by atoms with van der Waals surface area (Å²) in [6, 6.07) is 13.9. The topological polar surface area (TPSA) is 29.5 Å². The summed E-state index contributed by atoms with van der Waals surface area (Å²) in [6.45, 7) is 0. The highest BCUT2D eigenvalue weighted by Crippen LogP contribution is 2.35. The Morgan fingerprint density at radius 3 is 2.61 bits per heavy atom. The summed E-state index contributed by atoms with van der Waals surface area (Å²) < 4.78 is 19.2. The van der Waals surface area contributed by atoms with Crippen LogP contribution in [-0.4, -0.2) is 11.2 Å². The molecule has 2 nitrogen and oxygen atoms in total. The first-order valence-corrected chi connectivity index (χ1v) is 5.93. The van der Waals surface area contributed by atoms with Gasteiger partial charge in [0.05, 0.1) is 6.10 Å². The molecule has 92 valence electrons. The van der Waals surface area contributed by atoms with E-state index in [0.29, 0.717) is 6.42 Å². The molecule has 0 radical (unpaired) electrons. The third-order valence-electron chi connectivity index (χ3n) is 3.23. The van der Waals surface area contributed by atoms with Gasteiger partial charge in [0.1, 0.15) is 0 Å². The largest absolute Gasteiger partial charge is 0.480 e. The molecule has 0 aliphatic heterocycles. The highest BCUT2D eigenvalue weighted by Gasteiger charge is 2.32. The zero-order valence-electron chi connectivity index (χ0n) is 9.71. The van der Waals surface area contributed by atoms with Crippen LogP contribution >= 0.6 is 0 Å². The van der Waals surface area contributed by atoms with Crippen molar-refractivity contribution in [3.05, 3.63) is 65.5 Å². The second-order valence-corrected chi connectivity index (χ2v) is 4.44. The van der Waals surface area contributed by atoms with Crippen LogP contribution in [0.1, 0.15) is 17.2 Å². The van der Waals surface area contributed by atoms with Gasteiger partial charge in [0, 0.05) is 6.42 Å². The summed E-state index contributed by atoms with van der Waals surface area (Å²) in [5.41, 5.74) is 2.00. The van der Waals surface area contributed by atoms with Crippen molar-refractivity contribution in [1.82, 2.24) is 0 Å². The van der Waals surface area contributed by atoms with Crippen molar-refractivity contribution in [2.45, 2.75) is 18.6 Å². The number of aliphatic hydroxyl groups excluding tert-OH is 1. The van der Waals surface area contributed by atoms with Gasteiger partial charge in [-0.2, -0.15) is 0 Å². The summed E-state index contributed by atoms with van der Waals surface area (Å²) in [7, 11) is 0. The van der Waals surface area contributed by atoms with Crippen LogP contribution in [0.5, 0.6) is 5.75 Å². The van der Waals surface area contributed by atoms with Gasteiger partial charge in [0.15, 0.2) is 17.7 Å². The average molecular weight is 244 g/mol. The molecule has 0 saturated heterocycles. The molecular formula is C15H13FO2. The zero-order valence-corrected chi connectivity index (χ0v) is 9.71. The van der Waals surface area contributed by atoms with E-state index in [1.807, 2.05) is 24.3 Å². The first kappa shape index (κ1) is 11.2. The molecule has 1 aliphatic carbocycles. The van der Waals surface area contributed by atoms with Crippen LogP contribution in [0.3, 0.4) is 0 Å². The molecular weight excluding hydrogens is 231 g/mol. The molecule has 3 heteroatoms. The monoisotopic (exact) mass is 244 g/mol.